The first-order chi connectivity index (χ1) is 4.93. The molecule has 0 N–H and O–H groups in total. The maximum atomic E-state index is 11.9. The molecule has 1 aliphatic rings. The van der Waals surface area contributed by atoms with E-state index in [0.717, 1.165) is 19.5 Å². The van der Waals surface area contributed by atoms with Gasteiger partial charge in [-0.05, 0) is 38.8 Å². The molecule has 0 amide bonds. The highest BCUT2D eigenvalue weighted by atomic mass is 19.1. The molecule has 1 heterocycles. The lowest BCUT2D eigenvalue weighted by Gasteiger charge is -2.16. The van der Waals surface area contributed by atoms with Gasteiger partial charge in [-0.1, -0.05) is 0 Å². The summed E-state index contributed by atoms with van der Waals surface area (Å²) in [6.07, 6.45) is 5.86. The molecule has 1 radical (unpaired) electrons. The van der Waals surface area contributed by atoms with Crippen LogP contribution in [0, 0.1) is 6.42 Å². The van der Waals surface area contributed by atoms with Gasteiger partial charge < -0.3 is 4.90 Å². The van der Waals surface area contributed by atoms with E-state index < -0.39 is 0 Å². The maximum absolute atomic E-state index is 11.9. The van der Waals surface area contributed by atoms with Gasteiger partial charge in [0, 0.05) is 6.54 Å². The Morgan fingerprint density at radius 1 is 1.30 bits per heavy atom. The molecule has 0 aromatic rings. The van der Waals surface area contributed by atoms with E-state index in [9.17, 15) is 4.39 Å². The highest BCUT2D eigenvalue weighted by molar-refractivity contribution is 4.73. The van der Waals surface area contributed by atoms with Crippen molar-refractivity contribution in [3.05, 3.63) is 6.42 Å². The quantitative estimate of drug-likeness (QED) is 0.569. The Bertz CT molecular complexity index is 77.3. The van der Waals surface area contributed by atoms with Crippen molar-refractivity contribution in [2.24, 2.45) is 0 Å². The van der Waals surface area contributed by atoms with Crippen LogP contribution in [0.25, 0.3) is 0 Å². The molecule has 1 fully saturated rings. The van der Waals surface area contributed by atoms with E-state index in [1.54, 1.807) is 0 Å². The van der Waals surface area contributed by atoms with Crippen LogP contribution in [0.15, 0.2) is 0 Å². The summed E-state index contributed by atoms with van der Waals surface area (Å²) >= 11 is 0. The average molecular weight is 144 g/mol. The van der Waals surface area contributed by atoms with Gasteiger partial charge in [-0.3, -0.25) is 0 Å². The SMILES string of the molecule is FCCN1CC[CH]CCC1. The highest BCUT2D eigenvalue weighted by Gasteiger charge is 2.07. The summed E-state index contributed by atoms with van der Waals surface area (Å²) in [5, 5.41) is 0. The molecule has 0 aliphatic carbocycles. The zero-order valence-corrected chi connectivity index (χ0v) is 6.35. The van der Waals surface area contributed by atoms with Crippen LogP contribution in [-0.4, -0.2) is 31.2 Å². The summed E-state index contributed by atoms with van der Waals surface area (Å²) in [7, 11) is 0. The van der Waals surface area contributed by atoms with E-state index in [1.165, 1.54) is 12.8 Å². The Morgan fingerprint density at radius 2 is 2.20 bits per heavy atom. The Balaban J connectivity index is 2.15. The van der Waals surface area contributed by atoms with Gasteiger partial charge in [0.25, 0.3) is 0 Å². The lowest BCUT2D eigenvalue weighted by atomic mass is 10.2. The fourth-order valence-electron chi connectivity index (χ4n) is 1.33. The predicted octanol–water partition coefficient (Wildman–Crippen LogP) is 1.65. The Labute approximate surface area is 62.2 Å². The third-order valence-electron chi connectivity index (χ3n) is 1.93. The first-order valence-corrected chi connectivity index (χ1v) is 4.03. The smallest absolute Gasteiger partial charge is 0.102 e. The predicted molar refractivity (Wildman–Crippen MR) is 40.6 cm³/mol. The minimum atomic E-state index is -0.194. The van der Waals surface area contributed by atoms with Gasteiger partial charge in [-0.2, -0.15) is 0 Å². The fourth-order valence-corrected chi connectivity index (χ4v) is 1.33. The Hall–Kier alpha value is -0.110. The topological polar surface area (TPSA) is 3.24 Å². The molecular weight excluding hydrogens is 129 g/mol. The van der Waals surface area contributed by atoms with Crippen molar-refractivity contribution >= 4 is 0 Å². The molecule has 1 saturated heterocycles. The third-order valence-corrected chi connectivity index (χ3v) is 1.93. The first kappa shape index (κ1) is 7.99. The molecule has 59 valence electrons. The molecule has 0 aromatic heterocycles. The van der Waals surface area contributed by atoms with Crippen LogP contribution in [0.1, 0.15) is 19.3 Å². The second-order valence-electron chi connectivity index (χ2n) is 2.75. The van der Waals surface area contributed by atoms with Crippen molar-refractivity contribution in [3.63, 3.8) is 0 Å². The third kappa shape index (κ3) is 2.65. The normalized spacial score (nSPS) is 22.5. The molecular formula is C8H15FN. The molecule has 0 atom stereocenters. The van der Waals surface area contributed by atoms with Crippen LogP contribution >= 0.6 is 0 Å². The van der Waals surface area contributed by atoms with Crippen molar-refractivity contribution in [1.29, 1.82) is 0 Å². The number of likely N-dealkylation sites (tertiary alicyclic amines) is 1. The van der Waals surface area contributed by atoms with Gasteiger partial charge in [-0.15, -0.1) is 0 Å². The maximum Gasteiger partial charge on any atom is 0.102 e. The minimum Gasteiger partial charge on any atom is -0.301 e. The number of hydrogen-bond donors (Lipinski definition) is 0. The van der Waals surface area contributed by atoms with Crippen molar-refractivity contribution in [3.8, 4) is 0 Å². The van der Waals surface area contributed by atoms with Crippen LogP contribution in [0.4, 0.5) is 4.39 Å². The number of rotatable bonds is 2. The molecule has 0 aromatic carbocycles. The van der Waals surface area contributed by atoms with Gasteiger partial charge in [0.05, 0.1) is 0 Å². The summed E-state index contributed by atoms with van der Waals surface area (Å²) in [6, 6.07) is 0. The first-order valence-electron chi connectivity index (χ1n) is 4.03. The van der Waals surface area contributed by atoms with Gasteiger partial charge in [-0.25, -0.2) is 4.39 Å². The summed E-state index contributed by atoms with van der Waals surface area (Å²) < 4.78 is 11.9. The van der Waals surface area contributed by atoms with E-state index in [4.69, 9.17) is 0 Å². The van der Waals surface area contributed by atoms with Gasteiger partial charge >= 0.3 is 0 Å². The minimum absolute atomic E-state index is 0.194. The molecule has 1 rings (SSSR count). The lowest BCUT2D eigenvalue weighted by molar-refractivity contribution is 0.258. The largest absolute Gasteiger partial charge is 0.301 e. The zero-order valence-electron chi connectivity index (χ0n) is 6.35. The van der Waals surface area contributed by atoms with Crippen molar-refractivity contribution in [2.45, 2.75) is 19.3 Å². The number of alkyl halides is 1. The van der Waals surface area contributed by atoms with Crippen LogP contribution < -0.4 is 0 Å². The monoisotopic (exact) mass is 144 g/mol. The molecule has 10 heavy (non-hydrogen) atoms. The fraction of sp³-hybridized carbons (Fsp3) is 0.875. The van der Waals surface area contributed by atoms with Crippen LogP contribution in [0.5, 0.6) is 0 Å². The summed E-state index contributed by atoms with van der Waals surface area (Å²) in [5.74, 6) is 0. The van der Waals surface area contributed by atoms with Crippen molar-refractivity contribution < 1.29 is 4.39 Å². The summed E-state index contributed by atoms with van der Waals surface area (Å²) in [6.45, 7) is 2.58. The Morgan fingerprint density at radius 3 is 3.00 bits per heavy atom. The van der Waals surface area contributed by atoms with E-state index in [0.29, 0.717) is 6.54 Å². The zero-order chi connectivity index (χ0) is 7.23. The van der Waals surface area contributed by atoms with Gasteiger partial charge in [0.2, 0.25) is 0 Å². The van der Waals surface area contributed by atoms with Crippen LogP contribution in [0.3, 0.4) is 0 Å². The molecule has 2 heteroatoms. The van der Waals surface area contributed by atoms with E-state index in [1.807, 2.05) is 0 Å². The number of halogens is 1. The number of nitrogens with zero attached hydrogens (tertiary/aromatic N) is 1. The lowest BCUT2D eigenvalue weighted by Crippen LogP contribution is -2.26. The molecule has 0 bridgehead atoms. The van der Waals surface area contributed by atoms with E-state index >= 15 is 0 Å². The standard InChI is InChI=1S/C8H15FN/c9-5-8-10-6-3-1-2-4-7-10/h1H,2-8H2. The van der Waals surface area contributed by atoms with E-state index in [2.05, 4.69) is 11.3 Å². The highest BCUT2D eigenvalue weighted by Crippen LogP contribution is 2.07. The van der Waals surface area contributed by atoms with E-state index in [-0.39, 0.29) is 6.67 Å². The van der Waals surface area contributed by atoms with Gasteiger partial charge in [0.1, 0.15) is 6.67 Å². The molecule has 0 spiro atoms. The average Bonchev–Trinajstić information content (AvgIpc) is 2.17. The molecule has 0 saturated carbocycles. The molecule has 0 unspecified atom stereocenters. The summed E-state index contributed by atoms with van der Waals surface area (Å²) in [4.78, 5) is 2.20. The van der Waals surface area contributed by atoms with Crippen LogP contribution in [-0.2, 0) is 0 Å². The second-order valence-corrected chi connectivity index (χ2v) is 2.75. The van der Waals surface area contributed by atoms with Crippen LogP contribution in [0.2, 0.25) is 0 Å². The van der Waals surface area contributed by atoms with Crippen molar-refractivity contribution in [2.75, 3.05) is 26.3 Å². The number of hydrogen-bond acceptors (Lipinski definition) is 1. The molecule has 1 nitrogen and oxygen atoms in total. The van der Waals surface area contributed by atoms with Crippen molar-refractivity contribution in [1.82, 2.24) is 4.90 Å². The van der Waals surface area contributed by atoms with Gasteiger partial charge in [0.15, 0.2) is 0 Å². The second kappa shape index (κ2) is 4.67. The Kier molecular flexibility index (Phi) is 3.73. The summed E-state index contributed by atoms with van der Waals surface area (Å²) in [5.41, 5.74) is 0. The molecule has 1 aliphatic heterocycles.